The number of rotatable bonds is 3. The fourth-order valence-electron chi connectivity index (χ4n) is 1.99. The lowest BCUT2D eigenvalue weighted by molar-refractivity contribution is -0.417. The minimum Gasteiger partial charge on any atom is -0.311 e. The number of hydrogen-bond acceptors (Lipinski definition) is 4. The number of carbonyl (C=O) groups is 1. The van der Waals surface area contributed by atoms with Gasteiger partial charge in [-0.05, 0) is 30.3 Å². The first-order chi connectivity index (χ1) is 9.52. The van der Waals surface area contributed by atoms with Crippen LogP contribution in [-0.2, 0) is 4.79 Å². The number of nitrogens with one attached hydrogen (secondary N) is 1. The zero-order valence-corrected chi connectivity index (χ0v) is 11.7. The Labute approximate surface area is 120 Å². The fourth-order valence-corrected chi connectivity index (χ4v) is 2.86. The average molecular weight is 295 g/mol. The van der Waals surface area contributed by atoms with E-state index in [4.69, 9.17) is 5.73 Å². The molecule has 1 aliphatic heterocycles. The third-order valence-electron chi connectivity index (χ3n) is 3.04. The van der Waals surface area contributed by atoms with Gasteiger partial charge in [0, 0.05) is 24.4 Å². The molecule has 8 heteroatoms. The summed E-state index contributed by atoms with van der Waals surface area (Å²) in [6.45, 7) is 0.589. The number of thioether (sulfide) groups is 1. The Morgan fingerprint density at radius 2 is 2.15 bits per heavy atom. The Kier molecular flexibility index (Phi) is 4.23. The smallest absolute Gasteiger partial charge is 0.302 e. The van der Waals surface area contributed by atoms with E-state index in [1.165, 1.54) is 23.9 Å². The van der Waals surface area contributed by atoms with Crippen LogP contribution in [0.25, 0.3) is 0 Å². The standard InChI is InChI=1S/C12H14N4O3S/c1-14-12(13)20-10-6-7-15(11(10)17)8-2-4-9(5-3-8)16(18)19/h2-5,10H,6-7H2,1H3,(H2,13,14)/p+1. The molecule has 7 nitrogen and oxygen atoms in total. The van der Waals surface area contributed by atoms with Crippen molar-refractivity contribution in [3.8, 4) is 0 Å². The number of benzene rings is 1. The Morgan fingerprint density at radius 3 is 2.70 bits per heavy atom. The second-order valence-electron chi connectivity index (χ2n) is 4.27. The molecule has 1 aliphatic rings. The summed E-state index contributed by atoms with van der Waals surface area (Å²) in [7, 11) is 1.70. The molecule has 0 bridgehead atoms. The Hall–Kier alpha value is -2.09. The van der Waals surface area contributed by atoms with Crippen molar-refractivity contribution < 1.29 is 14.7 Å². The van der Waals surface area contributed by atoms with Crippen molar-refractivity contribution in [2.45, 2.75) is 11.7 Å². The minimum atomic E-state index is -0.461. The molecule has 1 fully saturated rings. The number of amidine groups is 1. The number of amides is 1. The van der Waals surface area contributed by atoms with Crippen molar-refractivity contribution >= 4 is 34.2 Å². The highest BCUT2D eigenvalue weighted by Gasteiger charge is 2.34. The van der Waals surface area contributed by atoms with E-state index in [1.807, 2.05) is 0 Å². The molecule has 1 aromatic rings. The molecule has 2 rings (SSSR count). The number of nitrogens with zero attached hydrogens (tertiary/aromatic N) is 2. The van der Waals surface area contributed by atoms with E-state index in [-0.39, 0.29) is 16.8 Å². The van der Waals surface area contributed by atoms with Gasteiger partial charge in [-0.15, -0.1) is 0 Å². The number of carbonyl (C=O) groups excluding carboxylic acids is 1. The first-order valence-electron chi connectivity index (χ1n) is 6.05. The first-order valence-corrected chi connectivity index (χ1v) is 6.93. The van der Waals surface area contributed by atoms with Crippen LogP contribution in [0.15, 0.2) is 24.3 Å². The van der Waals surface area contributed by atoms with Crippen LogP contribution in [-0.4, -0.2) is 34.8 Å². The molecule has 1 aromatic carbocycles. The molecule has 1 saturated heterocycles. The van der Waals surface area contributed by atoms with E-state index in [1.54, 1.807) is 24.1 Å². The summed E-state index contributed by atoms with van der Waals surface area (Å²) in [4.78, 5) is 26.8. The number of nitro benzene ring substituents is 1. The van der Waals surface area contributed by atoms with Gasteiger partial charge in [0.2, 0.25) is 5.91 Å². The van der Waals surface area contributed by atoms with Gasteiger partial charge >= 0.3 is 5.17 Å². The van der Waals surface area contributed by atoms with Crippen molar-refractivity contribution in [3.63, 3.8) is 0 Å². The summed E-state index contributed by atoms with van der Waals surface area (Å²) >= 11 is 1.31. The highest BCUT2D eigenvalue weighted by atomic mass is 32.2. The van der Waals surface area contributed by atoms with Crippen molar-refractivity contribution in [3.05, 3.63) is 34.4 Å². The van der Waals surface area contributed by atoms with Crippen molar-refractivity contribution in [2.75, 3.05) is 18.5 Å². The minimum absolute atomic E-state index is 0.0130. The van der Waals surface area contributed by atoms with Gasteiger partial charge in [0.05, 0.1) is 17.2 Å². The normalized spacial score (nSPS) is 19.4. The van der Waals surface area contributed by atoms with Crippen LogP contribution in [0.5, 0.6) is 0 Å². The predicted molar refractivity (Wildman–Crippen MR) is 77.5 cm³/mol. The van der Waals surface area contributed by atoms with Crippen molar-refractivity contribution in [2.24, 2.45) is 5.73 Å². The summed E-state index contributed by atoms with van der Waals surface area (Å²) < 4.78 is 0. The Bertz CT molecular complexity index is 558. The van der Waals surface area contributed by atoms with E-state index in [9.17, 15) is 14.9 Å². The van der Waals surface area contributed by atoms with E-state index in [0.29, 0.717) is 23.8 Å². The second kappa shape index (κ2) is 5.91. The van der Waals surface area contributed by atoms with Gasteiger partial charge in [0.15, 0.2) is 0 Å². The third kappa shape index (κ3) is 2.90. The maximum Gasteiger partial charge on any atom is 0.302 e. The first kappa shape index (κ1) is 14.3. The van der Waals surface area contributed by atoms with Gasteiger partial charge < -0.3 is 4.90 Å². The van der Waals surface area contributed by atoms with Gasteiger partial charge in [0.25, 0.3) is 5.69 Å². The van der Waals surface area contributed by atoms with Crippen LogP contribution in [0.1, 0.15) is 6.42 Å². The average Bonchev–Trinajstić information content (AvgIpc) is 2.80. The van der Waals surface area contributed by atoms with E-state index >= 15 is 0 Å². The van der Waals surface area contributed by atoms with Crippen LogP contribution in [0.3, 0.4) is 0 Å². The summed E-state index contributed by atoms with van der Waals surface area (Å²) in [6, 6.07) is 5.98. The molecule has 0 aromatic heterocycles. The van der Waals surface area contributed by atoms with Gasteiger partial charge in [-0.25, -0.2) is 0 Å². The molecule has 1 atom stereocenters. The molecular formula is C12H15N4O3S+. The highest BCUT2D eigenvalue weighted by Crippen LogP contribution is 2.29. The van der Waals surface area contributed by atoms with Crippen LogP contribution in [0, 0.1) is 10.1 Å². The fraction of sp³-hybridized carbons (Fsp3) is 0.333. The monoisotopic (exact) mass is 295 g/mol. The third-order valence-corrected chi connectivity index (χ3v) is 4.22. The number of hydrogen-bond donors (Lipinski definition) is 2. The summed E-state index contributed by atoms with van der Waals surface area (Å²) in [6.07, 6.45) is 0.697. The Balaban J connectivity index is 2.11. The van der Waals surface area contributed by atoms with Crippen LogP contribution in [0.4, 0.5) is 11.4 Å². The Morgan fingerprint density at radius 1 is 1.50 bits per heavy atom. The molecule has 106 valence electrons. The number of nitro groups is 1. The SMILES string of the molecule is C[NH+]=C(N)SC1CCN(c2ccc([N+](=O)[O-])cc2)C1=O. The van der Waals surface area contributed by atoms with Crippen molar-refractivity contribution in [1.29, 1.82) is 0 Å². The van der Waals surface area contributed by atoms with Gasteiger partial charge in [0.1, 0.15) is 0 Å². The van der Waals surface area contributed by atoms with Gasteiger partial charge in [-0.2, -0.15) is 0 Å². The number of non-ortho nitro benzene ring substituents is 1. The molecule has 1 heterocycles. The molecule has 0 aliphatic carbocycles. The molecule has 20 heavy (non-hydrogen) atoms. The van der Waals surface area contributed by atoms with Gasteiger partial charge in [-0.3, -0.25) is 25.6 Å². The quantitative estimate of drug-likeness (QED) is 0.337. The summed E-state index contributed by atoms with van der Waals surface area (Å²) in [5, 5.41) is 10.9. The summed E-state index contributed by atoms with van der Waals surface area (Å²) in [5.74, 6) is -0.0259. The highest BCUT2D eigenvalue weighted by molar-refractivity contribution is 8.14. The lowest BCUT2D eigenvalue weighted by Crippen LogP contribution is -2.70. The largest absolute Gasteiger partial charge is 0.311 e. The predicted octanol–water partition coefficient (Wildman–Crippen LogP) is -0.542. The molecule has 3 N–H and O–H groups in total. The van der Waals surface area contributed by atoms with Crippen LogP contribution in [0.2, 0.25) is 0 Å². The van der Waals surface area contributed by atoms with E-state index in [2.05, 4.69) is 4.99 Å². The maximum absolute atomic E-state index is 12.3. The van der Waals surface area contributed by atoms with E-state index in [0.717, 1.165) is 0 Å². The molecular weight excluding hydrogens is 280 g/mol. The molecule has 0 radical (unpaired) electrons. The zero-order valence-electron chi connectivity index (χ0n) is 10.9. The maximum atomic E-state index is 12.3. The topological polar surface area (TPSA) is 103 Å². The molecule has 0 spiro atoms. The van der Waals surface area contributed by atoms with Crippen LogP contribution < -0.4 is 15.6 Å². The summed E-state index contributed by atoms with van der Waals surface area (Å²) in [5.41, 5.74) is 6.36. The molecule has 0 saturated carbocycles. The number of anilines is 1. The van der Waals surface area contributed by atoms with Crippen LogP contribution >= 0.6 is 11.8 Å². The van der Waals surface area contributed by atoms with Crippen molar-refractivity contribution in [1.82, 2.24) is 0 Å². The molecule has 1 amide bonds. The lowest BCUT2D eigenvalue weighted by atomic mass is 10.2. The van der Waals surface area contributed by atoms with Gasteiger partial charge in [-0.1, -0.05) is 0 Å². The van der Waals surface area contributed by atoms with E-state index < -0.39 is 4.92 Å². The zero-order chi connectivity index (χ0) is 14.7. The second-order valence-corrected chi connectivity index (χ2v) is 5.52. The lowest BCUT2D eigenvalue weighted by Gasteiger charge is -2.15. The number of nitrogens with two attached hydrogens (primary N) is 1. The molecule has 1 unspecified atom stereocenters.